The van der Waals surface area contributed by atoms with E-state index < -0.39 is 0 Å². The van der Waals surface area contributed by atoms with Gasteiger partial charge in [0, 0.05) is 5.02 Å². The van der Waals surface area contributed by atoms with Crippen LogP contribution in [-0.4, -0.2) is 18.0 Å². The van der Waals surface area contributed by atoms with Gasteiger partial charge in [-0.15, -0.1) is 6.42 Å². The SMILES string of the molecule is C#CC(c1ccccc1Cl)N(CCCCCC)CCCCCC. The normalized spacial score (nSPS) is 12.3. The fourth-order valence-corrected chi connectivity index (χ4v) is 3.18. The Kier molecular flexibility index (Phi) is 10.9. The molecule has 0 spiro atoms. The van der Waals surface area contributed by atoms with E-state index in [1.165, 1.54) is 51.4 Å². The summed E-state index contributed by atoms with van der Waals surface area (Å²) in [5.41, 5.74) is 1.07. The molecule has 0 aliphatic rings. The van der Waals surface area contributed by atoms with Gasteiger partial charge in [0.15, 0.2) is 0 Å². The van der Waals surface area contributed by atoms with Crippen LogP contribution in [0.5, 0.6) is 0 Å². The molecule has 0 heterocycles. The van der Waals surface area contributed by atoms with Crippen molar-refractivity contribution in [3.05, 3.63) is 34.9 Å². The van der Waals surface area contributed by atoms with E-state index in [0.29, 0.717) is 0 Å². The van der Waals surface area contributed by atoms with E-state index in [0.717, 1.165) is 23.7 Å². The van der Waals surface area contributed by atoms with E-state index in [-0.39, 0.29) is 6.04 Å². The summed E-state index contributed by atoms with van der Waals surface area (Å²) in [7, 11) is 0. The molecule has 0 amide bonds. The van der Waals surface area contributed by atoms with Crippen LogP contribution in [0.3, 0.4) is 0 Å². The van der Waals surface area contributed by atoms with Gasteiger partial charge in [-0.2, -0.15) is 0 Å². The highest BCUT2D eigenvalue weighted by molar-refractivity contribution is 6.31. The molecule has 23 heavy (non-hydrogen) atoms. The lowest BCUT2D eigenvalue weighted by Gasteiger charge is -2.29. The second-order valence-corrected chi connectivity index (χ2v) is 6.66. The third kappa shape index (κ3) is 7.42. The van der Waals surface area contributed by atoms with Crippen LogP contribution >= 0.6 is 11.6 Å². The van der Waals surface area contributed by atoms with Gasteiger partial charge in [-0.1, -0.05) is 88.1 Å². The van der Waals surface area contributed by atoms with Crippen LogP contribution < -0.4 is 0 Å². The fourth-order valence-electron chi connectivity index (χ4n) is 2.94. The van der Waals surface area contributed by atoms with Gasteiger partial charge in [0.2, 0.25) is 0 Å². The van der Waals surface area contributed by atoms with Gasteiger partial charge in [-0.05, 0) is 37.6 Å². The van der Waals surface area contributed by atoms with E-state index in [2.05, 4.69) is 30.7 Å². The van der Waals surface area contributed by atoms with E-state index in [1.807, 2.05) is 18.2 Å². The van der Waals surface area contributed by atoms with Crippen molar-refractivity contribution in [3.8, 4) is 12.3 Å². The van der Waals surface area contributed by atoms with Crippen molar-refractivity contribution in [1.29, 1.82) is 0 Å². The summed E-state index contributed by atoms with van der Waals surface area (Å²) in [5.74, 6) is 2.98. The molecule has 0 aromatic heterocycles. The number of rotatable bonds is 12. The summed E-state index contributed by atoms with van der Waals surface area (Å²) in [6, 6.07) is 7.99. The molecular formula is C21H32ClN. The molecule has 0 N–H and O–H groups in total. The van der Waals surface area contributed by atoms with Crippen molar-refractivity contribution in [2.45, 2.75) is 71.3 Å². The lowest BCUT2D eigenvalue weighted by atomic mass is 10.0. The van der Waals surface area contributed by atoms with Crippen molar-refractivity contribution < 1.29 is 0 Å². The Hall–Kier alpha value is -0.970. The minimum atomic E-state index is -0.00745. The van der Waals surface area contributed by atoms with Crippen LogP contribution in [0.1, 0.15) is 76.8 Å². The van der Waals surface area contributed by atoms with E-state index in [9.17, 15) is 0 Å². The molecule has 0 saturated carbocycles. The minimum absolute atomic E-state index is 0.00745. The maximum atomic E-state index is 6.39. The standard InChI is InChI=1S/C21H32ClN/c1-4-7-9-13-17-23(18-14-10-8-5-2)21(6-3)19-15-11-12-16-20(19)22/h3,11-12,15-16,21H,4-5,7-10,13-14,17-18H2,1-2H3. The molecule has 1 unspecified atom stereocenters. The zero-order valence-corrected chi connectivity index (χ0v) is 15.6. The second-order valence-electron chi connectivity index (χ2n) is 6.25. The Morgan fingerprint density at radius 2 is 1.52 bits per heavy atom. The predicted molar refractivity (Wildman–Crippen MR) is 103 cm³/mol. The largest absolute Gasteiger partial charge is 0.286 e. The van der Waals surface area contributed by atoms with Gasteiger partial charge >= 0.3 is 0 Å². The van der Waals surface area contributed by atoms with Gasteiger partial charge in [-0.25, -0.2) is 0 Å². The maximum absolute atomic E-state index is 6.39. The molecule has 1 aromatic carbocycles. The van der Waals surface area contributed by atoms with E-state index in [4.69, 9.17) is 18.0 Å². The third-order valence-electron chi connectivity index (χ3n) is 4.32. The predicted octanol–water partition coefficient (Wildman–Crippen LogP) is 6.48. The Bertz CT molecular complexity index is 451. The summed E-state index contributed by atoms with van der Waals surface area (Å²) in [4.78, 5) is 2.45. The van der Waals surface area contributed by atoms with Gasteiger partial charge in [-0.3, -0.25) is 4.90 Å². The summed E-state index contributed by atoms with van der Waals surface area (Å²) >= 11 is 6.39. The molecule has 0 radical (unpaired) electrons. The summed E-state index contributed by atoms with van der Waals surface area (Å²) in [6.45, 7) is 6.62. The smallest absolute Gasteiger partial charge is 0.0982 e. The molecule has 2 heteroatoms. The van der Waals surface area contributed by atoms with Crippen LogP contribution in [0, 0.1) is 12.3 Å². The second kappa shape index (κ2) is 12.5. The molecule has 0 aliphatic heterocycles. The highest BCUT2D eigenvalue weighted by Crippen LogP contribution is 2.28. The van der Waals surface area contributed by atoms with E-state index in [1.54, 1.807) is 0 Å². The van der Waals surface area contributed by atoms with Crippen LogP contribution in [0.2, 0.25) is 5.02 Å². The number of unbranched alkanes of at least 4 members (excludes halogenated alkanes) is 6. The Morgan fingerprint density at radius 1 is 0.957 bits per heavy atom. The number of hydrogen-bond donors (Lipinski definition) is 0. The summed E-state index contributed by atoms with van der Waals surface area (Å²) in [5, 5.41) is 0.780. The lowest BCUT2D eigenvalue weighted by Crippen LogP contribution is -2.30. The molecular weight excluding hydrogens is 302 g/mol. The van der Waals surface area contributed by atoms with Gasteiger partial charge in [0.05, 0.1) is 6.04 Å². The average Bonchev–Trinajstić information content (AvgIpc) is 2.57. The van der Waals surface area contributed by atoms with Crippen LogP contribution in [0.25, 0.3) is 0 Å². The average molecular weight is 334 g/mol. The maximum Gasteiger partial charge on any atom is 0.0982 e. The van der Waals surface area contributed by atoms with Crippen molar-refractivity contribution in [2.24, 2.45) is 0 Å². The molecule has 0 saturated heterocycles. The van der Waals surface area contributed by atoms with Crippen LogP contribution in [-0.2, 0) is 0 Å². The zero-order chi connectivity index (χ0) is 16.9. The molecule has 0 aliphatic carbocycles. The highest BCUT2D eigenvalue weighted by atomic mass is 35.5. The first-order chi connectivity index (χ1) is 11.2. The van der Waals surface area contributed by atoms with Gasteiger partial charge in [0.25, 0.3) is 0 Å². The Balaban J connectivity index is 2.73. The Labute approximate surface area is 148 Å². The quantitative estimate of drug-likeness (QED) is 0.312. The van der Waals surface area contributed by atoms with E-state index >= 15 is 0 Å². The molecule has 1 rings (SSSR count). The fraction of sp³-hybridized carbons (Fsp3) is 0.619. The minimum Gasteiger partial charge on any atom is -0.286 e. The molecule has 1 atom stereocenters. The number of halogens is 1. The molecule has 0 bridgehead atoms. The van der Waals surface area contributed by atoms with Crippen molar-refractivity contribution >= 4 is 11.6 Å². The number of hydrogen-bond acceptors (Lipinski definition) is 1. The van der Waals surface area contributed by atoms with Crippen molar-refractivity contribution in [1.82, 2.24) is 4.90 Å². The third-order valence-corrected chi connectivity index (χ3v) is 4.66. The first-order valence-corrected chi connectivity index (χ1v) is 9.57. The van der Waals surface area contributed by atoms with Crippen molar-refractivity contribution in [2.75, 3.05) is 13.1 Å². The number of benzene rings is 1. The van der Waals surface area contributed by atoms with Crippen LogP contribution in [0.4, 0.5) is 0 Å². The monoisotopic (exact) mass is 333 g/mol. The number of terminal acetylenes is 1. The first kappa shape index (κ1) is 20.1. The topological polar surface area (TPSA) is 3.24 Å². The molecule has 1 aromatic rings. The molecule has 0 fully saturated rings. The summed E-state index contributed by atoms with van der Waals surface area (Å²) in [6.07, 6.45) is 16.0. The first-order valence-electron chi connectivity index (χ1n) is 9.19. The van der Waals surface area contributed by atoms with Crippen molar-refractivity contribution in [3.63, 3.8) is 0 Å². The van der Waals surface area contributed by atoms with Crippen LogP contribution in [0.15, 0.2) is 24.3 Å². The van der Waals surface area contributed by atoms with Gasteiger partial charge < -0.3 is 0 Å². The summed E-state index contributed by atoms with van der Waals surface area (Å²) < 4.78 is 0. The Morgan fingerprint density at radius 3 is 2.00 bits per heavy atom. The number of nitrogens with zero attached hydrogens (tertiary/aromatic N) is 1. The van der Waals surface area contributed by atoms with Gasteiger partial charge in [0.1, 0.15) is 0 Å². The highest BCUT2D eigenvalue weighted by Gasteiger charge is 2.19. The molecule has 1 nitrogen and oxygen atoms in total. The lowest BCUT2D eigenvalue weighted by molar-refractivity contribution is 0.226. The zero-order valence-electron chi connectivity index (χ0n) is 14.9. The molecule has 128 valence electrons.